The predicted octanol–water partition coefficient (Wildman–Crippen LogP) is 3.61. The summed E-state index contributed by atoms with van der Waals surface area (Å²) in [6.07, 6.45) is 4.45. The fraction of sp³-hybridized carbons (Fsp3) is 0.562. The van der Waals surface area contributed by atoms with E-state index >= 15 is 0 Å². The molecule has 0 aliphatic carbocycles. The zero-order valence-electron chi connectivity index (χ0n) is 12.1. The maximum Gasteiger partial charge on any atom is 0.220 e. The lowest BCUT2D eigenvalue weighted by Gasteiger charge is -2.12. The van der Waals surface area contributed by atoms with Crippen molar-refractivity contribution in [1.29, 1.82) is 0 Å². The molecule has 1 rings (SSSR count). The molecule has 0 aliphatic rings. The van der Waals surface area contributed by atoms with Crippen molar-refractivity contribution < 1.29 is 9.90 Å². The fourth-order valence-corrected chi connectivity index (χ4v) is 2.34. The fourth-order valence-electron chi connectivity index (χ4n) is 2.08. The van der Waals surface area contributed by atoms with Crippen molar-refractivity contribution in [1.82, 2.24) is 5.32 Å². The first kappa shape index (κ1) is 17.2. The molecule has 0 aliphatic heterocycles. The third-order valence-electron chi connectivity index (χ3n) is 3.34. The summed E-state index contributed by atoms with van der Waals surface area (Å²) in [7, 11) is 0. The molecule has 1 aromatic carbocycles. The van der Waals surface area contributed by atoms with Crippen LogP contribution in [0.1, 0.15) is 50.5 Å². The van der Waals surface area contributed by atoms with Gasteiger partial charge in [-0.2, -0.15) is 0 Å². The Labute approximate surface area is 129 Å². The second-order valence-corrected chi connectivity index (χ2v) is 6.06. The van der Waals surface area contributed by atoms with Crippen LogP contribution in [-0.4, -0.2) is 24.2 Å². The van der Waals surface area contributed by atoms with Gasteiger partial charge in [0.1, 0.15) is 0 Å². The third-order valence-corrected chi connectivity index (χ3v) is 3.87. The quantitative estimate of drug-likeness (QED) is 0.674. The first-order valence-electron chi connectivity index (χ1n) is 7.26. The van der Waals surface area contributed by atoms with E-state index in [1.807, 2.05) is 12.1 Å². The predicted molar refractivity (Wildman–Crippen MR) is 85.7 cm³/mol. The summed E-state index contributed by atoms with van der Waals surface area (Å²) >= 11 is 3.41. The number of hydrogen-bond donors (Lipinski definition) is 2. The van der Waals surface area contributed by atoms with Crippen LogP contribution in [-0.2, 0) is 4.79 Å². The van der Waals surface area contributed by atoms with Gasteiger partial charge >= 0.3 is 0 Å². The maximum atomic E-state index is 11.8. The Morgan fingerprint density at radius 1 is 1.20 bits per heavy atom. The van der Waals surface area contributed by atoms with E-state index in [9.17, 15) is 4.79 Å². The number of carbonyl (C=O) groups excluding carboxylic acids is 1. The van der Waals surface area contributed by atoms with Gasteiger partial charge in [0.05, 0.1) is 0 Å². The summed E-state index contributed by atoms with van der Waals surface area (Å²) in [6.45, 7) is 3.07. The van der Waals surface area contributed by atoms with Crippen LogP contribution in [0.4, 0.5) is 0 Å². The Bertz CT molecular complexity index is 392. The van der Waals surface area contributed by atoms with Gasteiger partial charge < -0.3 is 10.4 Å². The highest BCUT2D eigenvalue weighted by Crippen LogP contribution is 2.21. The molecule has 0 aromatic heterocycles. The molecular weight excluding hydrogens is 318 g/mol. The Hall–Kier alpha value is -0.870. The zero-order valence-corrected chi connectivity index (χ0v) is 13.7. The molecule has 0 heterocycles. The molecule has 0 spiro atoms. The molecule has 1 atom stereocenters. The molecule has 112 valence electrons. The molecule has 20 heavy (non-hydrogen) atoms. The van der Waals surface area contributed by atoms with E-state index in [4.69, 9.17) is 5.11 Å². The normalized spacial score (nSPS) is 12.2. The van der Waals surface area contributed by atoms with Crippen LogP contribution in [0, 0.1) is 0 Å². The first-order chi connectivity index (χ1) is 9.63. The molecule has 1 amide bonds. The highest BCUT2D eigenvalue weighted by molar-refractivity contribution is 9.10. The third kappa shape index (κ3) is 7.06. The second-order valence-electron chi connectivity index (χ2n) is 5.14. The SMILES string of the molecule is CC(CC(=O)NCCCCCCO)c1ccc(Br)cc1. The molecule has 0 fully saturated rings. The van der Waals surface area contributed by atoms with Crippen molar-refractivity contribution in [3.05, 3.63) is 34.3 Å². The largest absolute Gasteiger partial charge is 0.396 e. The molecule has 0 saturated carbocycles. The van der Waals surface area contributed by atoms with Crippen LogP contribution >= 0.6 is 15.9 Å². The van der Waals surface area contributed by atoms with Crippen LogP contribution in [0.15, 0.2) is 28.7 Å². The van der Waals surface area contributed by atoms with Crippen molar-refractivity contribution in [3.63, 3.8) is 0 Å². The van der Waals surface area contributed by atoms with Gasteiger partial charge in [-0.05, 0) is 36.5 Å². The van der Waals surface area contributed by atoms with Crippen molar-refractivity contribution in [3.8, 4) is 0 Å². The lowest BCUT2D eigenvalue weighted by Crippen LogP contribution is -2.25. The lowest BCUT2D eigenvalue weighted by molar-refractivity contribution is -0.121. The van der Waals surface area contributed by atoms with E-state index in [0.717, 1.165) is 36.7 Å². The Kier molecular flexibility index (Phi) is 8.54. The monoisotopic (exact) mass is 341 g/mol. The van der Waals surface area contributed by atoms with E-state index in [2.05, 4.69) is 40.3 Å². The second kappa shape index (κ2) is 9.94. The maximum absolute atomic E-state index is 11.8. The Morgan fingerprint density at radius 2 is 1.85 bits per heavy atom. The molecule has 4 heteroatoms. The minimum Gasteiger partial charge on any atom is -0.396 e. The lowest BCUT2D eigenvalue weighted by atomic mass is 9.97. The van der Waals surface area contributed by atoms with Crippen LogP contribution < -0.4 is 5.32 Å². The highest BCUT2D eigenvalue weighted by Gasteiger charge is 2.10. The number of carbonyl (C=O) groups is 1. The van der Waals surface area contributed by atoms with Crippen LogP contribution in [0.5, 0.6) is 0 Å². The number of nitrogens with one attached hydrogen (secondary N) is 1. The minimum atomic E-state index is 0.113. The van der Waals surface area contributed by atoms with E-state index in [1.54, 1.807) is 0 Å². The molecule has 2 N–H and O–H groups in total. The van der Waals surface area contributed by atoms with Gasteiger partial charge in [-0.3, -0.25) is 4.79 Å². The topological polar surface area (TPSA) is 49.3 Å². The summed E-state index contributed by atoms with van der Waals surface area (Å²) in [6, 6.07) is 8.11. The van der Waals surface area contributed by atoms with Gasteiger partial charge in [-0.15, -0.1) is 0 Å². The Morgan fingerprint density at radius 3 is 2.50 bits per heavy atom. The zero-order chi connectivity index (χ0) is 14.8. The average molecular weight is 342 g/mol. The molecule has 1 aromatic rings. The summed E-state index contributed by atoms with van der Waals surface area (Å²) in [5.74, 6) is 0.347. The van der Waals surface area contributed by atoms with Gasteiger partial charge in [-0.1, -0.05) is 47.8 Å². The van der Waals surface area contributed by atoms with E-state index < -0.39 is 0 Å². The molecule has 0 saturated heterocycles. The number of benzene rings is 1. The molecule has 1 unspecified atom stereocenters. The van der Waals surface area contributed by atoms with Crippen molar-refractivity contribution in [2.45, 2.75) is 44.9 Å². The summed E-state index contributed by atoms with van der Waals surface area (Å²) < 4.78 is 1.06. The number of rotatable bonds is 9. The number of hydrogen-bond acceptors (Lipinski definition) is 2. The standard InChI is InChI=1S/C16H24BrNO2/c1-13(14-6-8-15(17)9-7-14)12-16(20)18-10-4-2-3-5-11-19/h6-9,13,19H,2-5,10-12H2,1H3,(H,18,20). The van der Waals surface area contributed by atoms with Gasteiger partial charge in [-0.25, -0.2) is 0 Å². The van der Waals surface area contributed by atoms with Gasteiger partial charge in [0, 0.05) is 24.0 Å². The van der Waals surface area contributed by atoms with E-state index in [-0.39, 0.29) is 18.4 Å². The number of halogens is 1. The average Bonchev–Trinajstić information content (AvgIpc) is 2.43. The van der Waals surface area contributed by atoms with Crippen LogP contribution in [0.25, 0.3) is 0 Å². The van der Waals surface area contributed by atoms with E-state index in [0.29, 0.717) is 6.42 Å². The summed E-state index contributed by atoms with van der Waals surface area (Å²) in [5, 5.41) is 11.6. The summed E-state index contributed by atoms with van der Waals surface area (Å²) in [5.41, 5.74) is 1.19. The van der Waals surface area contributed by atoms with Crippen molar-refractivity contribution >= 4 is 21.8 Å². The number of amides is 1. The smallest absolute Gasteiger partial charge is 0.220 e. The van der Waals surface area contributed by atoms with Crippen LogP contribution in [0.3, 0.4) is 0 Å². The highest BCUT2D eigenvalue weighted by atomic mass is 79.9. The van der Waals surface area contributed by atoms with Gasteiger partial charge in [0.15, 0.2) is 0 Å². The van der Waals surface area contributed by atoms with Crippen molar-refractivity contribution in [2.75, 3.05) is 13.2 Å². The minimum absolute atomic E-state index is 0.113. The van der Waals surface area contributed by atoms with E-state index in [1.165, 1.54) is 5.56 Å². The molecule has 0 radical (unpaired) electrons. The van der Waals surface area contributed by atoms with Gasteiger partial charge in [0.25, 0.3) is 0 Å². The molecular formula is C16H24BrNO2. The molecule has 0 bridgehead atoms. The summed E-state index contributed by atoms with van der Waals surface area (Å²) in [4.78, 5) is 11.8. The first-order valence-corrected chi connectivity index (χ1v) is 8.06. The molecule has 3 nitrogen and oxygen atoms in total. The van der Waals surface area contributed by atoms with Crippen molar-refractivity contribution in [2.24, 2.45) is 0 Å². The number of unbranched alkanes of at least 4 members (excludes halogenated alkanes) is 3. The Balaban J connectivity index is 2.19. The number of aliphatic hydroxyl groups excluding tert-OH is 1. The number of aliphatic hydroxyl groups is 1. The van der Waals surface area contributed by atoms with Crippen LogP contribution in [0.2, 0.25) is 0 Å². The van der Waals surface area contributed by atoms with Gasteiger partial charge in [0.2, 0.25) is 5.91 Å².